The lowest BCUT2D eigenvalue weighted by Gasteiger charge is -2.15. The van der Waals surface area contributed by atoms with Crippen molar-refractivity contribution >= 4 is 5.69 Å². The van der Waals surface area contributed by atoms with Gasteiger partial charge in [-0.1, -0.05) is 44.2 Å². The number of hydrogen-bond donors (Lipinski definition) is 1. The summed E-state index contributed by atoms with van der Waals surface area (Å²) in [5.41, 5.74) is 12.3. The molecule has 2 aromatic rings. The maximum atomic E-state index is 5.86. The van der Waals surface area contributed by atoms with E-state index in [1.54, 1.807) is 0 Å². The average molecular weight is 266 g/mol. The Morgan fingerprint density at radius 1 is 1.00 bits per heavy atom. The van der Waals surface area contributed by atoms with Crippen LogP contribution >= 0.6 is 0 Å². The van der Waals surface area contributed by atoms with E-state index in [4.69, 9.17) is 5.73 Å². The van der Waals surface area contributed by atoms with Crippen molar-refractivity contribution in [3.05, 3.63) is 64.7 Å². The predicted molar refractivity (Wildman–Crippen MR) is 84.3 cm³/mol. The zero-order valence-corrected chi connectivity index (χ0v) is 12.3. The molecule has 20 heavy (non-hydrogen) atoms. The third-order valence-corrected chi connectivity index (χ3v) is 4.07. The quantitative estimate of drug-likeness (QED) is 0.853. The van der Waals surface area contributed by atoms with Crippen LogP contribution in [0, 0.1) is 0 Å². The zero-order valence-electron chi connectivity index (χ0n) is 12.3. The second kappa shape index (κ2) is 5.29. The Kier molecular flexibility index (Phi) is 3.49. The van der Waals surface area contributed by atoms with Crippen LogP contribution in [0.1, 0.15) is 42.0 Å². The monoisotopic (exact) mass is 266 g/mol. The normalized spacial score (nSPS) is 14.8. The second-order valence-corrected chi connectivity index (χ2v) is 6.07. The van der Waals surface area contributed by atoms with Gasteiger partial charge in [0.05, 0.1) is 0 Å². The van der Waals surface area contributed by atoms with Gasteiger partial charge in [-0.15, -0.1) is 0 Å². The van der Waals surface area contributed by atoms with E-state index in [1.165, 1.54) is 22.3 Å². The van der Waals surface area contributed by atoms with Gasteiger partial charge in [0.2, 0.25) is 0 Å². The van der Waals surface area contributed by atoms with Crippen molar-refractivity contribution in [3.8, 4) is 0 Å². The van der Waals surface area contributed by atoms with E-state index in [0.717, 1.165) is 25.3 Å². The molecule has 0 aromatic heterocycles. The molecule has 0 spiro atoms. The van der Waals surface area contributed by atoms with Gasteiger partial charge in [0.1, 0.15) is 0 Å². The van der Waals surface area contributed by atoms with Gasteiger partial charge in [0, 0.05) is 25.3 Å². The molecule has 0 fully saturated rings. The summed E-state index contributed by atoms with van der Waals surface area (Å²) in [5.74, 6) is 0.600. The summed E-state index contributed by atoms with van der Waals surface area (Å²) in [6, 6.07) is 15.3. The number of nitrogens with zero attached hydrogens (tertiary/aromatic N) is 1. The Bertz CT molecular complexity index is 599. The van der Waals surface area contributed by atoms with Crippen LogP contribution in [0.3, 0.4) is 0 Å². The number of nitrogens with two attached hydrogens (primary N) is 1. The first kappa shape index (κ1) is 13.2. The molecule has 0 saturated carbocycles. The Morgan fingerprint density at radius 2 is 1.70 bits per heavy atom. The molecular weight excluding hydrogens is 244 g/mol. The van der Waals surface area contributed by atoms with E-state index in [1.807, 2.05) is 6.07 Å². The van der Waals surface area contributed by atoms with Crippen molar-refractivity contribution in [2.75, 3.05) is 5.73 Å². The summed E-state index contributed by atoms with van der Waals surface area (Å²) in [4.78, 5) is 2.47. The SMILES string of the molecule is CC(C)c1ccc(CN2Cc3ccc(N)cc3C2)cc1. The molecule has 0 unspecified atom stereocenters. The summed E-state index contributed by atoms with van der Waals surface area (Å²) in [7, 11) is 0. The fourth-order valence-corrected chi connectivity index (χ4v) is 2.86. The minimum atomic E-state index is 0.600. The summed E-state index contributed by atoms with van der Waals surface area (Å²) in [6.45, 7) is 7.51. The van der Waals surface area contributed by atoms with Crippen molar-refractivity contribution in [2.24, 2.45) is 0 Å². The summed E-state index contributed by atoms with van der Waals surface area (Å²) in [6.07, 6.45) is 0. The van der Waals surface area contributed by atoms with Gasteiger partial charge >= 0.3 is 0 Å². The first-order chi connectivity index (χ1) is 9.61. The lowest BCUT2D eigenvalue weighted by molar-refractivity contribution is 0.275. The Hall–Kier alpha value is -1.80. The molecule has 1 heterocycles. The van der Waals surface area contributed by atoms with Gasteiger partial charge < -0.3 is 5.73 Å². The molecule has 2 N–H and O–H groups in total. The third-order valence-electron chi connectivity index (χ3n) is 4.07. The van der Waals surface area contributed by atoms with E-state index in [-0.39, 0.29) is 0 Å². The number of benzene rings is 2. The van der Waals surface area contributed by atoms with Crippen LogP contribution in [-0.4, -0.2) is 4.90 Å². The van der Waals surface area contributed by atoms with Crippen LogP contribution in [0.5, 0.6) is 0 Å². The van der Waals surface area contributed by atoms with Crippen LogP contribution in [0.15, 0.2) is 42.5 Å². The minimum Gasteiger partial charge on any atom is -0.399 e. The maximum absolute atomic E-state index is 5.86. The van der Waals surface area contributed by atoms with Crippen LogP contribution in [0.25, 0.3) is 0 Å². The molecule has 0 radical (unpaired) electrons. The molecule has 3 rings (SSSR count). The van der Waals surface area contributed by atoms with Crippen LogP contribution in [0.4, 0.5) is 5.69 Å². The van der Waals surface area contributed by atoms with Crippen molar-refractivity contribution in [1.82, 2.24) is 4.90 Å². The number of anilines is 1. The summed E-state index contributed by atoms with van der Waals surface area (Å²) >= 11 is 0. The molecule has 2 nitrogen and oxygen atoms in total. The summed E-state index contributed by atoms with van der Waals surface area (Å²) < 4.78 is 0. The standard InChI is InChI=1S/C18H22N2/c1-13(2)15-5-3-14(4-6-15)10-20-11-16-7-8-18(19)9-17(16)12-20/h3-9,13H,10-12,19H2,1-2H3. The number of nitrogen functional groups attached to an aromatic ring is 1. The van der Waals surface area contributed by atoms with Crippen molar-refractivity contribution in [2.45, 2.75) is 39.4 Å². The topological polar surface area (TPSA) is 29.3 Å². The zero-order chi connectivity index (χ0) is 14.1. The molecular formula is C18H22N2. The largest absolute Gasteiger partial charge is 0.399 e. The van der Waals surface area contributed by atoms with Gasteiger partial charge in [-0.25, -0.2) is 0 Å². The molecule has 104 valence electrons. The molecule has 0 amide bonds. The van der Waals surface area contributed by atoms with E-state index >= 15 is 0 Å². The number of hydrogen-bond acceptors (Lipinski definition) is 2. The molecule has 2 heteroatoms. The highest BCUT2D eigenvalue weighted by Crippen LogP contribution is 2.26. The van der Waals surface area contributed by atoms with Crippen LogP contribution < -0.4 is 5.73 Å². The van der Waals surface area contributed by atoms with Gasteiger partial charge in [0.25, 0.3) is 0 Å². The van der Waals surface area contributed by atoms with Crippen molar-refractivity contribution < 1.29 is 0 Å². The highest BCUT2D eigenvalue weighted by molar-refractivity contribution is 5.46. The fraction of sp³-hybridized carbons (Fsp3) is 0.333. The highest BCUT2D eigenvalue weighted by Gasteiger charge is 2.18. The molecule has 0 bridgehead atoms. The maximum Gasteiger partial charge on any atom is 0.0317 e. The lowest BCUT2D eigenvalue weighted by Crippen LogP contribution is -2.15. The Balaban J connectivity index is 1.68. The van der Waals surface area contributed by atoms with Gasteiger partial charge in [0.15, 0.2) is 0 Å². The summed E-state index contributed by atoms with van der Waals surface area (Å²) in [5, 5.41) is 0. The van der Waals surface area contributed by atoms with Crippen LogP contribution in [0.2, 0.25) is 0 Å². The van der Waals surface area contributed by atoms with Crippen LogP contribution in [-0.2, 0) is 19.6 Å². The highest BCUT2D eigenvalue weighted by atomic mass is 15.1. The first-order valence-electron chi connectivity index (χ1n) is 7.30. The van der Waals surface area contributed by atoms with E-state index in [2.05, 4.69) is 55.1 Å². The predicted octanol–water partition coefficient (Wildman–Crippen LogP) is 3.91. The lowest BCUT2D eigenvalue weighted by atomic mass is 10.0. The van der Waals surface area contributed by atoms with Crippen molar-refractivity contribution in [1.29, 1.82) is 0 Å². The van der Waals surface area contributed by atoms with E-state index < -0.39 is 0 Å². The average Bonchev–Trinajstić information content (AvgIpc) is 2.80. The molecule has 1 aliphatic rings. The number of fused-ring (bicyclic) bond motifs is 1. The minimum absolute atomic E-state index is 0.600. The van der Waals surface area contributed by atoms with E-state index in [9.17, 15) is 0 Å². The van der Waals surface area contributed by atoms with E-state index in [0.29, 0.717) is 5.92 Å². The molecule has 2 aromatic carbocycles. The number of rotatable bonds is 3. The second-order valence-electron chi connectivity index (χ2n) is 6.07. The Labute approximate surface area is 121 Å². The third kappa shape index (κ3) is 2.70. The van der Waals surface area contributed by atoms with Gasteiger partial charge in [-0.2, -0.15) is 0 Å². The molecule has 0 saturated heterocycles. The smallest absolute Gasteiger partial charge is 0.0317 e. The Morgan fingerprint density at radius 3 is 2.40 bits per heavy atom. The fourth-order valence-electron chi connectivity index (χ4n) is 2.86. The van der Waals surface area contributed by atoms with Gasteiger partial charge in [-0.3, -0.25) is 4.90 Å². The first-order valence-corrected chi connectivity index (χ1v) is 7.30. The van der Waals surface area contributed by atoms with Gasteiger partial charge in [-0.05, 0) is 40.3 Å². The molecule has 1 aliphatic heterocycles. The molecule has 0 atom stereocenters. The molecule has 0 aliphatic carbocycles. The van der Waals surface area contributed by atoms with Crippen molar-refractivity contribution in [3.63, 3.8) is 0 Å².